The summed E-state index contributed by atoms with van der Waals surface area (Å²) >= 11 is 0. The first-order valence-corrected chi connectivity index (χ1v) is 6.78. The monoisotopic (exact) mass is 289 g/mol. The van der Waals surface area contributed by atoms with E-state index < -0.39 is 12.6 Å². The van der Waals surface area contributed by atoms with Crippen LogP contribution in [0, 0.1) is 13.8 Å². The lowest BCUT2D eigenvalue weighted by atomic mass is 10.0. The lowest BCUT2D eigenvalue weighted by Gasteiger charge is -2.20. The Balaban J connectivity index is 2.60. The molecule has 20 heavy (non-hydrogen) atoms. The van der Waals surface area contributed by atoms with E-state index in [0.717, 1.165) is 23.2 Å². The summed E-state index contributed by atoms with van der Waals surface area (Å²) in [6, 6.07) is 6.06. The number of benzene rings is 1. The minimum atomic E-state index is -4.16. The minimum absolute atomic E-state index is 0.0770. The zero-order valence-electron chi connectivity index (χ0n) is 12.2. The van der Waals surface area contributed by atoms with Crippen LogP contribution < -0.4 is 5.32 Å². The molecule has 5 heteroatoms. The molecule has 0 aliphatic rings. The van der Waals surface area contributed by atoms with E-state index in [1.807, 2.05) is 32.9 Å². The van der Waals surface area contributed by atoms with Crippen molar-refractivity contribution >= 4 is 0 Å². The first-order valence-electron chi connectivity index (χ1n) is 6.78. The highest BCUT2D eigenvalue weighted by atomic mass is 19.4. The van der Waals surface area contributed by atoms with Gasteiger partial charge in [0.15, 0.2) is 0 Å². The number of rotatable bonds is 7. The maximum atomic E-state index is 12.1. The maximum absolute atomic E-state index is 12.1. The fourth-order valence-electron chi connectivity index (χ4n) is 2.12. The Hall–Kier alpha value is -1.07. The van der Waals surface area contributed by atoms with Gasteiger partial charge in [-0.1, -0.05) is 36.2 Å². The fraction of sp³-hybridized carbons (Fsp3) is 0.600. The van der Waals surface area contributed by atoms with Gasteiger partial charge in [0.05, 0.1) is 25.7 Å². The molecule has 0 radical (unpaired) electrons. The number of ether oxygens (including phenoxy) is 1. The maximum Gasteiger partial charge on any atom is 0.391 e. The SMILES string of the molecule is CCNC(COCCC(F)(F)F)c1cc(C)cc(C)c1. The first kappa shape index (κ1) is 17.0. The second-order valence-electron chi connectivity index (χ2n) is 4.97. The van der Waals surface area contributed by atoms with Gasteiger partial charge in [-0.3, -0.25) is 0 Å². The van der Waals surface area contributed by atoms with Crippen LogP contribution in [0.3, 0.4) is 0 Å². The van der Waals surface area contributed by atoms with E-state index in [1.165, 1.54) is 0 Å². The number of nitrogens with one attached hydrogen (secondary N) is 1. The molecule has 1 aromatic carbocycles. The molecule has 0 fully saturated rings. The van der Waals surface area contributed by atoms with Crippen molar-refractivity contribution in [2.75, 3.05) is 19.8 Å². The lowest BCUT2D eigenvalue weighted by Crippen LogP contribution is -2.26. The van der Waals surface area contributed by atoms with Crippen molar-refractivity contribution in [2.24, 2.45) is 0 Å². The molecule has 2 nitrogen and oxygen atoms in total. The predicted molar refractivity (Wildman–Crippen MR) is 73.8 cm³/mol. The summed E-state index contributed by atoms with van der Waals surface area (Å²) in [5.41, 5.74) is 3.33. The Labute approximate surface area is 118 Å². The van der Waals surface area contributed by atoms with Crippen molar-refractivity contribution in [3.8, 4) is 0 Å². The van der Waals surface area contributed by atoms with E-state index in [1.54, 1.807) is 0 Å². The Morgan fingerprint density at radius 3 is 2.25 bits per heavy atom. The van der Waals surface area contributed by atoms with Crippen LogP contribution >= 0.6 is 0 Å². The molecule has 0 spiro atoms. The van der Waals surface area contributed by atoms with Gasteiger partial charge in [0.2, 0.25) is 0 Å². The highest BCUT2D eigenvalue weighted by Gasteiger charge is 2.26. The molecule has 0 aliphatic heterocycles. The van der Waals surface area contributed by atoms with Crippen LogP contribution in [0.4, 0.5) is 13.2 Å². The van der Waals surface area contributed by atoms with Crippen LogP contribution in [0.15, 0.2) is 18.2 Å². The number of hydrogen-bond donors (Lipinski definition) is 1. The van der Waals surface area contributed by atoms with E-state index in [0.29, 0.717) is 0 Å². The van der Waals surface area contributed by atoms with Gasteiger partial charge in [-0.25, -0.2) is 0 Å². The van der Waals surface area contributed by atoms with Crippen LogP contribution in [-0.2, 0) is 4.74 Å². The normalized spacial score (nSPS) is 13.5. The third-order valence-electron chi connectivity index (χ3n) is 2.91. The van der Waals surface area contributed by atoms with Crippen LogP contribution in [0.2, 0.25) is 0 Å². The largest absolute Gasteiger partial charge is 0.391 e. The summed E-state index contributed by atoms with van der Waals surface area (Å²) in [7, 11) is 0. The molecule has 0 saturated carbocycles. The smallest absolute Gasteiger partial charge is 0.379 e. The Morgan fingerprint density at radius 2 is 1.75 bits per heavy atom. The Bertz CT molecular complexity index is 398. The van der Waals surface area contributed by atoms with Gasteiger partial charge in [0.25, 0.3) is 0 Å². The molecular weight excluding hydrogens is 267 g/mol. The average molecular weight is 289 g/mol. The molecule has 0 amide bonds. The van der Waals surface area contributed by atoms with Gasteiger partial charge in [-0.05, 0) is 26.0 Å². The van der Waals surface area contributed by atoms with E-state index in [4.69, 9.17) is 4.74 Å². The molecule has 114 valence electrons. The Kier molecular flexibility index (Phi) is 6.49. The topological polar surface area (TPSA) is 21.3 Å². The molecule has 0 bridgehead atoms. The molecule has 1 rings (SSSR count). The highest BCUT2D eigenvalue weighted by Crippen LogP contribution is 2.21. The third-order valence-corrected chi connectivity index (χ3v) is 2.91. The van der Waals surface area contributed by atoms with E-state index in [9.17, 15) is 13.2 Å². The number of alkyl halides is 3. The van der Waals surface area contributed by atoms with Crippen LogP contribution in [0.25, 0.3) is 0 Å². The summed E-state index contributed by atoms with van der Waals surface area (Å²) < 4.78 is 41.4. The van der Waals surface area contributed by atoms with Crippen molar-refractivity contribution in [3.63, 3.8) is 0 Å². The second-order valence-corrected chi connectivity index (χ2v) is 4.97. The molecular formula is C15H22F3NO. The number of hydrogen-bond acceptors (Lipinski definition) is 2. The average Bonchev–Trinajstić information content (AvgIpc) is 2.30. The minimum Gasteiger partial charge on any atom is -0.379 e. The first-order chi connectivity index (χ1) is 9.31. The van der Waals surface area contributed by atoms with Crippen LogP contribution in [0.1, 0.15) is 36.1 Å². The van der Waals surface area contributed by atoms with Gasteiger partial charge in [0.1, 0.15) is 0 Å². The van der Waals surface area contributed by atoms with Crippen molar-refractivity contribution in [1.29, 1.82) is 0 Å². The summed E-state index contributed by atoms with van der Waals surface area (Å²) in [5.74, 6) is 0. The molecule has 0 saturated heterocycles. The van der Waals surface area contributed by atoms with Crippen LogP contribution in [-0.4, -0.2) is 25.9 Å². The summed E-state index contributed by atoms with van der Waals surface area (Å²) in [6.07, 6.45) is -5.06. The van der Waals surface area contributed by atoms with Gasteiger partial charge in [-0.2, -0.15) is 13.2 Å². The van der Waals surface area contributed by atoms with Crippen LogP contribution in [0.5, 0.6) is 0 Å². The fourth-order valence-corrected chi connectivity index (χ4v) is 2.12. The summed E-state index contributed by atoms with van der Waals surface area (Å²) in [6.45, 7) is 6.66. The Morgan fingerprint density at radius 1 is 1.15 bits per heavy atom. The van der Waals surface area contributed by atoms with Crippen molar-refractivity contribution in [3.05, 3.63) is 34.9 Å². The molecule has 1 aromatic rings. The van der Waals surface area contributed by atoms with Gasteiger partial charge >= 0.3 is 6.18 Å². The van der Waals surface area contributed by atoms with Gasteiger partial charge in [0, 0.05) is 0 Å². The van der Waals surface area contributed by atoms with Gasteiger partial charge in [-0.15, -0.1) is 0 Å². The molecule has 0 heterocycles. The molecule has 1 unspecified atom stereocenters. The van der Waals surface area contributed by atoms with E-state index in [-0.39, 0.29) is 19.3 Å². The highest BCUT2D eigenvalue weighted by molar-refractivity contribution is 5.30. The van der Waals surface area contributed by atoms with Crippen molar-refractivity contribution in [1.82, 2.24) is 5.32 Å². The summed E-state index contributed by atoms with van der Waals surface area (Å²) in [5, 5.41) is 3.24. The second kappa shape index (κ2) is 7.64. The zero-order valence-corrected chi connectivity index (χ0v) is 12.2. The standard InChI is InChI=1S/C15H22F3NO/c1-4-19-14(10-20-6-5-15(16,17)18)13-8-11(2)7-12(3)9-13/h7-9,14,19H,4-6,10H2,1-3H3. The van der Waals surface area contributed by atoms with E-state index >= 15 is 0 Å². The van der Waals surface area contributed by atoms with Gasteiger partial charge < -0.3 is 10.1 Å². The molecule has 1 atom stereocenters. The van der Waals surface area contributed by atoms with Crippen molar-refractivity contribution < 1.29 is 17.9 Å². The number of aryl methyl sites for hydroxylation is 2. The number of halogens is 3. The predicted octanol–water partition coefficient (Wildman–Crippen LogP) is 3.92. The molecule has 0 aliphatic carbocycles. The lowest BCUT2D eigenvalue weighted by molar-refractivity contribution is -0.145. The number of likely N-dealkylation sites (N-methyl/N-ethyl adjacent to an activating group) is 1. The van der Waals surface area contributed by atoms with E-state index in [2.05, 4.69) is 11.4 Å². The third kappa shape index (κ3) is 6.39. The molecule has 1 N–H and O–H groups in total. The van der Waals surface area contributed by atoms with Crippen molar-refractivity contribution in [2.45, 2.75) is 39.4 Å². The zero-order chi connectivity index (χ0) is 15.2. The summed E-state index contributed by atoms with van der Waals surface area (Å²) in [4.78, 5) is 0. The quantitative estimate of drug-likeness (QED) is 0.768. The molecule has 0 aromatic heterocycles.